The number of methoxy groups -OCH3 is 1. The zero-order chi connectivity index (χ0) is 19.7. The van der Waals surface area contributed by atoms with E-state index < -0.39 is 17.7 Å². The average Bonchev–Trinajstić information content (AvgIpc) is 2.59. The number of terminal acetylenes is 1. The molecule has 1 aromatic carbocycles. The normalized spacial score (nSPS) is 11.5. The third kappa shape index (κ3) is 6.10. The highest BCUT2D eigenvalue weighted by molar-refractivity contribution is 6.02. The lowest BCUT2D eigenvalue weighted by molar-refractivity contribution is -0.129. The van der Waals surface area contributed by atoms with Crippen LogP contribution in [0.25, 0.3) is 5.57 Å². The lowest BCUT2D eigenvalue weighted by Crippen LogP contribution is -2.34. The largest absolute Gasteiger partial charge is 0.497 e. The molecule has 0 saturated heterocycles. The molecule has 1 aromatic rings. The van der Waals surface area contributed by atoms with Crippen molar-refractivity contribution in [1.29, 1.82) is 0 Å². The van der Waals surface area contributed by atoms with Gasteiger partial charge in [0.2, 0.25) is 11.8 Å². The number of amides is 2. The molecule has 1 unspecified atom stereocenters. The molecule has 0 spiro atoms. The van der Waals surface area contributed by atoms with Gasteiger partial charge in [-0.15, -0.1) is 6.42 Å². The molecule has 4 nitrogen and oxygen atoms in total. The fourth-order valence-electron chi connectivity index (χ4n) is 2.49. The van der Waals surface area contributed by atoms with Gasteiger partial charge in [0.1, 0.15) is 11.7 Å². The fraction of sp³-hybridized carbons (Fsp3) is 0.273. The summed E-state index contributed by atoms with van der Waals surface area (Å²) in [6.07, 6.45) is 9.15. The molecular weight excluding hydrogens is 326 g/mol. The van der Waals surface area contributed by atoms with E-state index in [2.05, 4.69) is 24.4 Å². The van der Waals surface area contributed by atoms with E-state index in [0.717, 1.165) is 28.0 Å². The second kappa shape index (κ2) is 10.0. The molecular formula is C22H25NO3. The number of nitrogens with one attached hydrogen (secondary N) is 1. The quantitative estimate of drug-likeness (QED) is 0.441. The number of carbonyl (C=O) groups is 2. The van der Waals surface area contributed by atoms with Crippen LogP contribution in [0, 0.1) is 18.3 Å². The van der Waals surface area contributed by atoms with E-state index in [-0.39, 0.29) is 0 Å². The van der Waals surface area contributed by atoms with Gasteiger partial charge < -0.3 is 4.74 Å². The third-order valence-corrected chi connectivity index (χ3v) is 3.79. The van der Waals surface area contributed by atoms with Gasteiger partial charge in [0, 0.05) is 0 Å². The van der Waals surface area contributed by atoms with E-state index >= 15 is 0 Å². The number of carbonyl (C=O) groups excluding carboxylic acids is 2. The number of ether oxygens (including phenoxy) is 1. The summed E-state index contributed by atoms with van der Waals surface area (Å²) >= 11 is 0. The van der Waals surface area contributed by atoms with Crippen LogP contribution in [-0.4, -0.2) is 18.9 Å². The fourth-order valence-corrected chi connectivity index (χ4v) is 2.49. The van der Waals surface area contributed by atoms with Crippen molar-refractivity contribution in [2.75, 3.05) is 7.11 Å². The maximum atomic E-state index is 12.1. The maximum Gasteiger partial charge on any atom is 0.250 e. The predicted octanol–water partition coefficient (Wildman–Crippen LogP) is 3.69. The Morgan fingerprint density at radius 2 is 2.08 bits per heavy atom. The van der Waals surface area contributed by atoms with E-state index in [0.29, 0.717) is 12.8 Å². The van der Waals surface area contributed by atoms with Crippen LogP contribution in [0.15, 0.2) is 49.1 Å². The molecule has 26 heavy (non-hydrogen) atoms. The second-order valence-electron chi connectivity index (χ2n) is 6.01. The van der Waals surface area contributed by atoms with Crippen molar-refractivity contribution in [2.24, 2.45) is 5.92 Å². The third-order valence-electron chi connectivity index (χ3n) is 3.79. The summed E-state index contributed by atoms with van der Waals surface area (Å²) in [6.45, 7) is 11.7. The van der Waals surface area contributed by atoms with Crippen molar-refractivity contribution in [3.8, 4) is 18.1 Å². The van der Waals surface area contributed by atoms with Crippen molar-refractivity contribution in [1.82, 2.24) is 5.32 Å². The van der Waals surface area contributed by atoms with Gasteiger partial charge in [-0.1, -0.05) is 42.4 Å². The predicted molar refractivity (Wildman–Crippen MR) is 105 cm³/mol. The minimum Gasteiger partial charge on any atom is -0.497 e. The minimum atomic E-state index is -0.747. The van der Waals surface area contributed by atoms with Gasteiger partial charge in [-0.2, -0.15) is 0 Å². The van der Waals surface area contributed by atoms with E-state index in [4.69, 9.17) is 11.2 Å². The van der Waals surface area contributed by atoms with Crippen LogP contribution in [0.2, 0.25) is 0 Å². The second-order valence-corrected chi connectivity index (χ2v) is 6.01. The molecule has 0 aliphatic carbocycles. The van der Waals surface area contributed by atoms with Crippen molar-refractivity contribution < 1.29 is 14.3 Å². The topological polar surface area (TPSA) is 55.4 Å². The summed E-state index contributed by atoms with van der Waals surface area (Å²) in [6, 6.07) is 5.75. The SMILES string of the molecule is C#CC(CC(=C)Cc1ccc(OC)cc1C(=C)C)C(=O)NC(=O)/C=C\C. The van der Waals surface area contributed by atoms with Gasteiger partial charge in [-0.05, 0) is 56.0 Å². The first kappa shape index (κ1) is 21.0. The first-order chi connectivity index (χ1) is 12.3. The van der Waals surface area contributed by atoms with Crippen LogP contribution in [-0.2, 0) is 16.0 Å². The Kier molecular flexibility index (Phi) is 8.11. The number of benzene rings is 1. The van der Waals surface area contributed by atoms with Crippen molar-refractivity contribution in [3.05, 3.63) is 60.2 Å². The summed E-state index contributed by atoms with van der Waals surface area (Å²) in [5.74, 6) is 1.46. The highest BCUT2D eigenvalue weighted by Gasteiger charge is 2.19. The van der Waals surface area contributed by atoms with Crippen molar-refractivity contribution in [3.63, 3.8) is 0 Å². The molecule has 0 radical (unpaired) electrons. The molecule has 0 fully saturated rings. The van der Waals surface area contributed by atoms with Crippen LogP contribution >= 0.6 is 0 Å². The zero-order valence-electron chi connectivity index (χ0n) is 15.6. The number of imide groups is 1. The first-order valence-electron chi connectivity index (χ1n) is 8.25. The van der Waals surface area contributed by atoms with E-state index in [9.17, 15) is 9.59 Å². The number of allylic oxidation sites excluding steroid dienone is 3. The standard InChI is InChI=1S/C22H25NO3/c1-7-9-21(24)23-22(25)17(8-2)12-16(5)13-18-10-11-19(26-6)14-20(18)15(3)4/h2,7,9-11,14,17H,3,5,12-13H2,1,4,6H3,(H,23,24,25)/b9-7-. The summed E-state index contributed by atoms with van der Waals surface area (Å²) in [4.78, 5) is 23.6. The van der Waals surface area contributed by atoms with Gasteiger partial charge in [-0.25, -0.2) is 0 Å². The molecule has 0 saturated carbocycles. The minimum absolute atomic E-state index is 0.299. The van der Waals surface area contributed by atoms with Gasteiger partial charge in [-0.3, -0.25) is 14.9 Å². The molecule has 1 rings (SSSR count). The lowest BCUT2D eigenvalue weighted by Gasteiger charge is -2.15. The Morgan fingerprint density at radius 3 is 2.62 bits per heavy atom. The Bertz CT molecular complexity index is 781. The Hall–Kier alpha value is -3.06. The van der Waals surface area contributed by atoms with Gasteiger partial charge >= 0.3 is 0 Å². The summed E-state index contributed by atoms with van der Waals surface area (Å²) < 4.78 is 5.25. The summed E-state index contributed by atoms with van der Waals surface area (Å²) in [7, 11) is 1.61. The molecule has 0 aliphatic rings. The van der Waals surface area contributed by atoms with E-state index in [1.807, 2.05) is 25.1 Å². The number of rotatable bonds is 8. The van der Waals surface area contributed by atoms with Gasteiger partial charge in [0.05, 0.1) is 7.11 Å². The number of hydrogen-bond donors (Lipinski definition) is 1. The smallest absolute Gasteiger partial charge is 0.250 e. The highest BCUT2D eigenvalue weighted by atomic mass is 16.5. The Morgan fingerprint density at radius 1 is 1.38 bits per heavy atom. The van der Waals surface area contributed by atoms with Gasteiger partial charge in [0.25, 0.3) is 0 Å². The average molecular weight is 351 g/mol. The molecule has 0 heterocycles. The van der Waals surface area contributed by atoms with E-state index in [1.165, 1.54) is 6.08 Å². The van der Waals surface area contributed by atoms with Crippen LogP contribution in [0.4, 0.5) is 0 Å². The number of hydrogen-bond acceptors (Lipinski definition) is 3. The first-order valence-corrected chi connectivity index (χ1v) is 8.25. The van der Waals surface area contributed by atoms with Crippen LogP contribution in [0.5, 0.6) is 5.75 Å². The Balaban J connectivity index is 2.85. The molecule has 1 N–H and O–H groups in total. The maximum absolute atomic E-state index is 12.1. The highest BCUT2D eigenvalue weighted by Crippen LogP contribution is 2.26. The van der Waals surface area contributed by atoms with E-state index in [1.54, 1.807) is 20.1 Å². The van der Waals surface area contributed by atoms with Crippen molar-refractivity contribution >= 4 is 17.4 Å². The Labute approximate surface area is 155 Å². The molecule has 0 aromatic heterocycles. The lowest BCUT2D eigenvalue weighted by atomic mass is 9.91. The van der Waals surface area contributed by atoms with Crippen molar-refractivity contribution in [2.45, 2.75) is 26.7 Å². The molecule has 2 amide bonds. The molecule has 0 aliphatic heterocycles. The molecule has 136 valence electrons. The van der Waals surface area contributed by atoms with Gasteiger partial charge in [0.15, 0.2) is 0 Å². The van der Waals surface area contributed by atoms with Crippen LogP contribution in [0.3, 0.4) is 0 Å². The molecule has 4 heteroatoms. The molecule has 1 atom stereocenters. The molecule has 0 bridgehead atoms. The summed E-state index contributed by atoms with van der Waals surface area (Å²) in [5, 5.41) is 2.27. The summed E-state index contributed by atoms with van der Waals surface area (Å²) in [5.41, 5.74) is 3.73. The van der Waals surface area contributed by atoms with Crippen LogP contribution in [0.1, 0.15) is 31.4 Å². The zero-order valence-corrected chi connectivity index (χ0v) is 15.6. The van der Waals surface area contributed by atoms with Crippen LogP contribution < -0.4 is 10.1 Å². The monoisotopic (exact) mass is 351 g/mol.